The Morgan fingerprint density at radius 1 is 1.27 bits per heavy atom. The van der Waals surface area contributed by atoms with E-state index in [-0.39, 0.29) is 17.1 Å². The molecule has 0 aliphatic heterocycles. The number of hydrogen-bond donors (Lipinski definition) is 2. The summed E-state index contributed by atoms with van der Waals surface area (Å²) in [5, 5.41) is 5.58. The number of imide groups is 1. The largest absolute Gasteiger partial charge is 0.452 e. The molecule has 9 nitrogen and oxygen atoms in total. The number of rotatable bonds is 4. The van der Waals surface area contributed by atoms with E-state index in [1.807, 2.05) is 0 Å². The van der Waals surface area contributed by atoms with Gasteiger partial charge in [-0.2, -0.15) is 18.3 Å². The Hall–Kier alpha value is -3.44. The van der Waals surface area contributed by atoms with E-state index in [4.69, 9.17) is 10.5 Å². The topological polar surface area (TPSA) is 129 Å². The molecule has 2 aromatic heterocycles. The molecule has 3 amide bonds. The van der Waals surface area contributed by atoms with Gasteiger partial charge in [0.1, 0.15) is 5.56 Å². The normalized spacial score (nSPS) is 11.1. The second kappa shape index (κ2) is 7.21. The third-order valence-electron chi connectivity index (χ3n) is 3.12. The molecule has 0 aromatic carbocycles. The number of nitrogens with one attached hydrogen (secondary N) is 1. The van der Waals surface area contributed by atoms with Crippen LogP contribution >= 0.6 is 0 Å². The summed E-state index contributed by atoms with van der Waals surface area (Å²) in [5.41, 5.74) is 4.02. The van der Waals surface area contributed by atoms with Crippen molar-refractivity contribution in [3.8, 4) is 5.82 Å². The minimum atomic E-state index is -4.52. The van der Waals surface area contributed by atoms with E-state index < -0.39 is 36.3 Å². The van der Waals surface area contributed by atoms with Gasteiger partial charge in [0.2, 0.25) is 0 Å². The molecule has 0 radical (unpaired) electrons. The number of nitrogens with two attached hydrogens (primary N) is 1. The highest BCUT2D eigenvalue weighted by Gasteiger charge is 2.30. The molecule has 0 aliphatic rings. The molecular formula is C14H12F3N5O4. The third kappa shape index (κ3) is 4.34. The van der Waals surface area contributed by atoms with Gasteiger partial charge in [0.25, 0.3) is 5.91 Å². The van der Waals surface area contributed by atoms with Crippen molar-refractivity contribution in [1.82, 2.24) is 20.1 Å². The average Bonchev–Trinajstić information content (AvgIpc) is 2.93. The molecule has 0 atom stereocenters. The first-order valence-electron chi connectivity index (χ1n) is 6.94. The number of urea groups is 1. The minimum Gasteiger partial charge on any atom is -0.452 e. The fraction of sp³-hybridized carbons (Fsp3) is 0.214. The van der Waals surface area contributed by atoms with Crippen LogP contribution in [0, 0.1) is 6.92 Å². The number of halogens is 3. The highest BCUT2D eigenvalue weighted by molar-refractivity contribution is 5.96. The molecule has 0 aliphatic carbocycles. The molecule has 138 valence electrons. The van der Waals surface area contributed by atoms with Crippen LogP contribution in [0.2, 0.25) is 0 Å². The Balaban J connectivity index is 2.13. The number of primary amides is 1. The number of aromatic nitrogens is 3. The molecule has 2 rings (SSSR count). The lowest BCUT2D eigenvalue weighted by atomic mass is 10.2. The van der Waals surface area contributed by atoms with Crippen LogP contribution < -0.4 is 11.1 Å². The van der Waals surface area contributed by atoms with Crippen LogP contribution in [0.1, 0.15) is 21.6 Å². The molecule has 12 heteroatoms. The van der Waals surface area contributed by atoms with Crippen LogP contribution in [0.15, 0.2) is 24.5 Å². The number of hydrogen-bond acceptors (Lipinski definition) is 6. The van der Waals surface area contributed by atoms with Crippen molar-refractivity contribution in [2.45, 2.75) is 13.1 Å². The van der Waals surface area contributed by atoms with Gasteiger partial charge in [-0.15, -0.1) is 0 Å². The SMILES string of the molecule is Cc1c(C(=O)OCC(=O)NC(N)=O)cnn1-c1ccc(C(F)(F)F)cn1. The summed E-state index contributed by atoms with van der Waals surface area (Å²) >= 11 is 0. The molecular weight excluding hydrogens is 359 g/mol. The van der Waals surface area contributed by atoms with E-state index in [1.165, 1.54) is 6.92 Å². The highest BCUT2D eigenvalue weighted by atomic mass is 19.4. The maximum Gasteiger partial charge on any atom is 0.417 e. The quantitative estimate of drug-likeness (QED) is 0.770. The zero-order valence-corrected chi connectivity index (χ0v) is 13.2. The molecule has 2 aromatic rings. The molecule has 0 bridgehead atoms. The summed E-state index contributed by atoms with van der Waals surface area (Å²) in [5.74, 6) is -1.78. The second-order valence-corrected chi connectivity index (χ2v) is 4.95. The van der Waals surface area contributed by atoms with Crippen molar-refractivity contribution < 1.29 is 32.3 Å². The van der Waals surface area contributed by atoms with Crippen LogP contribution in [-0.2, 0) is 15.7 Å². The summed E-state index contributed by atoms with van der Waals surface area (Å²) in [7, 11) is 0. The molecule has 0 fully saturated rings. The number of nitrogens with zero attached hydrogens (tertiary/aromatic N) is 3. The zero-order chi connectivity index (χ0) is 19.5. The fourth-order valence-corrected chi connectivity index (χ4v) is 1.90. The Kier molecular flexibility index (Phi) is 5.24. The number of pyridine rings is 1. The lowest BCUT2D eigenvalue weighted by Crippen LogP contribution is -2.37. The number of carbonyl (C=O) groups is 3. The van der Waals surface area contributed by atoms with Gasteiger partial charge in [0.15, 0.2) is 12.4 Å². The van der Waals surface area contributed by atoms with Gasteiger partial charge in [-0.05, 0) is 19.1 Å². The highest BCUT2D eigenvalue weighted by Crippen LogP contribution is 2.28. The van der Waals surface area contributed by atoms with E-state index in [0.29, 0.717) is 6.20 Å². The average molecular weight is 371 g/mol. The Morgan fingerprint density at radius 2 is 1.96 bits per heavy atom. The molecule has 0 saturated carbocycles. The van der Waals surface area contributed by atoms with E-state index in [1.54, 1.807) is 5.32 Å². The van der Waals surface area contributed by atoms with Crippen molar-refractivity contribution >= 4 is 17.9 Å². The van der Waals surface area contributed by atoms with Gasteiger partial charge in [0, 0.05) is 6.20 Å². The van der Waals surface area contributed by atoms with Gasteiger partial charge >= 0.3 is 18.2 Å². The monoisotopic (exact) mass is 371 g/mol. The lowest BCUT2D eigenvalue weighted by Gasteiger charge is -2.08. The Morgan fingerprint density at radius 3 is 2.50 bits per heavy atom. The standard InChI is InChI=1S/C14H12F3N5O4/c1-7-9(12(24)26-6-11(23)21-13(18)25)5-20-22(7)10-3-2-8(4-19-10)14(15,16)17/h2-5H,6H2,1H3,(H3,18,21,23,25). The summed E-state index contributed by atoms with van der Waals surface area (Å²) in [6, 6.07) is 0.830. The van der Waals surface area contributed by atoms with Gasteiger partial charge in [-0.3, -0.25) is 10.1 Å². The van der Waals surface area contributed by atoms with E-state index >= 15 is 0 Å². The maximum absolute atomic E-state index is 12.6. The number of alkyl halides is 3. The van der Waals surface area contributed by atoms with Gasteiger partial charge in [-0.25, -0.2) is 19.3 Å². The van der Waals surface area contributed by atoms with Crippen molar-refractivity contribution in [3.63, 3.8) is 0 Å². The molecule has 0 spiro atoms. The predicted octanol–water partition coefficient (Wildman–Crippen LogP) is 0.946. The van der Waals surface area contributed by atoms with Crippen molar-refractivity contribution in [2.75, 3.05) is 6.61 Å². The third-order valence-corrected chi connectivity index (χ3v) is 3.12. The van der Waals surface area contributed by atoms with Crippen LogP contribution in [0.3, 0.4) is 0 Å². The molecule has 0 unspecified atom stereocenters. The fourth-order valence-electron chi connectivity index (χ4n) is 1.90. The molecule has 2 heterocycles. The van der Waals surface area contributed by atoms with E-state index in [2.05, 4.69) is 10.1 Å². The Bertz CT molecular complexity index is 845. The molecule has 3 N–H and O–H groups in total. The van der Waals surface area contributed by atoms with E-state index in [9.17, 15) is 27.6 Å². The zero-order valence-electron chi connectivity index (χ0n) is 13.2. The van der Waals surface area contributed by atoms with Gasteiger partial charge < -0.3 is 10.5 Å². The maximum atomic E-state index is 12.6. The van der Waals surface area contributed by atoms with Crippen LogP contribution in [0.4, 0.5) is 18.0 Å². The first-order chi connectivity index (χ1) is 12.1. The summed E-state index contributed by atoms with van der Waals surface area (Å²) in [6.07, 6.45) is -2.77. The van der Waals surface area contributed by atoms with Crippen LogP contribution in [0.5, 0.6) is 0 Å². The predicted molar refractivity (Wildman–Crippen MR) is 79.1 cm³/mol. The molecule has 0 saturated heterocycles. The van der Waals surface area contributed by atoms with Crippen LogP contribution in [0.25, 0.3) is 5.82 Å². The summed E-state index contributed by atoms with van der Waals surface area (Å²) in [6.45, 7) is 0.720. The molecule has 26 heavy (non-hydrogen) atoms. The minimum absolute atomic E-state index is 0.0291. The number of carbonyl (C=O) groups excluding carboxylic acids is 3. The van der Waals surface area contributed by atoms with Crippen molar-refractivity contribution in [2.24, 2.45) is 5.73 Å². The van der Waals surface area contributed by atoms with Gasteiger partial charge in [0.05, 0.1) is 17.5 Å². The number of amides is 3. The second-order valence-electron chi connectivity index (χ2n) is 4.95. The first-order valence-corrected chi connectivity index (χ1v) is 6.94. The lowest BCUT2D eigenvalue weighted by molar-refractivity contribution is -0.137. The Labute approximate surface area is 143 Å². The van der Waals surface area contributed by atoms with E-state index in [0.717, 1.165) is 23.0 Å². The van der Waals surface area contributed by atoms with Crippen molar-refractivity contribution in [1.29, 1.82) is 0 Å². The number of ether oxygens (including phenoxy) is 1. The van der Waals surface area contributed by atoms with Crippen molar-refractivity contribution in [3.05, 3.63) is 41.3 Å². The smallest absolute Gasteiger partial charge is 0.417 e. The summed E-state index contributed by atoms with van der Waals surface area (Å²) < 4.78 is 43.5. The number of esters is 1. The van der Waals surface area contributed by atoms with Gasteiger partial charge in [-0.1, -0.05) is 0 Å². The first kappa shape index (κ1) is 18.9. The van der Waals surface area contributed by atoms with Crippen LogP contribution in [-0.4, -0.2) is 39.3 Å². The summed E-state index contributed by atoms with van der Waals surface area (Å²) in [4.78, 5) is 37.3.